The van der Waals surface area contributed by atoms with Crippen molar-refractivity contribution in [2.24, 2.45) is 5.41 Å². The topological polar surface area (TPSA) is 29.1 Å². The van der Waals surface area contributed by atoms with Crippen molar-refractivity contribution < 1.29 is 4.79 Å². The first-order valence-corrected chi connectivity index (χ1v) is 8.50. The van der Waals surface area contributed by atoms with Crippen molar-refractivity contribution in [3.63, 3.8) is 0 Å². The molecule has 0 fully saturated rings. The molecule has 0 spiro atoms. The molecule has 3 heteroatoms. The summed E-state index contributed by atoms with van der Waals surface area (Å²) < 4.78 is 0. The van der Waals surface area contributed by atoms with E-state index in [0.29, 0.717) is 6.54 Å². The molecule has 0 aliphatic rings. The monoisotopic (exact) mass is 341 g/mol. The van der Waals surface area contributed by atoms with Crippen molar-refractivity contribution in [3.05, 3.63) is 71.3 Å². The van der Waals surface area contributed by atoms with Crippen LogP contribution < -0.4 is 5.32 Å². The van der Waals surface area contributed by atoms with Crippen LogP contribution in [0.2, 0.25) is 5.02 Å². The summed E-state index contributed by atoms with van der Waals surface area (Å²) in [6, 6.07) is 12.3. The number of allylic oxidation sites excluding steroid dienone is 3. The van der Waals surface area contributed by atoms with Gasteiger partial charge in [0.05, 0.1) is 0 Å². The number of rotatable bonds is 5. The highest BCUT2D eigenvalue weighted by Gasteiger charge is 2.10. The van der Waals surface area contributed by atoms with E-state index in [2.05, 4.69) is 44.3 Å². The normalized spacial score (nSPS) is 12.3. The summed E-state index contributed by atoms with van der Waals surface area (Å²) in [6.07, 6.45) is 8.09. The maximum atomic E-state index is 11.7. The van der Waals surface area contributed by atoms with Crippen LogP contribution >= 0.6 is 11.6 Å². The van der Waals surface area contributed by atoms with Crippen LogP contribution in [0.25, 0.3) is 10.8 Å². The molecule has 2 rings (SSSR count). The van der Waals surface area contributed by atoms with Crippen molar-refractivity contribution in [3.8, 4) is 0 Å². The van der Waals surface area contributed by atoms with E-state index in [-0.39, 0.29) is 11.3 Å². The molecular formula is C21H24ClNO. The SMILES string of the molecule is CC(C)(C)CNC(=O)/C=C/C=C/Cc1ccc2ccc(Cl)cc2c1. The predicted molar refractivity (Wildman–Crippen MR) is 103 cm³/mol. The fourth-order valence-electron chi connectivity index (χ4n) is 2.23. The zero-order valence-electron chi connectivity index (χ0n) is 14.5. The summed E-state index contributed by atoms with van der Waals surface area (Å²) in [5.41, 5.74) is 1.31. The second-order valence-electron chi connectivity index (χ2n) is 7.10. The minimum atomic E-state index is -0.0603. The Labute approximate surface area is 149 Å². The zero-order chi connectivity index (χ0) is 17.6. The highest BCUT2D eigenvalue weighted by Crippen LogP contribution is 2.21. The fourth-order valence-corrected chi connectivity index (χ4v) is 2.41. The maximum Gasteiger partial charge on any atom is 0.243 e. The van der Waals surface area contributed by atoms with Gasteiger partial charge in [-0.1, -0.05) is 74.9 Å². The van der Waals surface area contributed by atoms with Crippen LogP contribution in [0.15, 0.2) is 60.7 Å². The van der Waals surface area contributed by atoms with Crippen molar-refractivity contribution in [2.75, 3.05) is 6.54 Å². The van der Waals surface area contributed by atoms with Crippen LogP contribution in [0.3, 0.4) is 0 Å². The second kappa shape index (κ2) is 8.16. The van der Waals surface area contributed by atoms with Crippen LogP contribution in [0, 0.1) is 5.41 Å². The van der Waals surface area contributed by atoms with Crippen molar-refractivity contribution in [1.29, 1.82) is 0 Å². The lowest BCUT2D eigenvalue weighted by molar-refractivity contribution is -0.116. The van der Waals surface area contributed by atoms with Crippen LogP contribution in [0.4, 0.5) is 0 Å². The van der Waals surface area contributed by atoms with Gasteiger partial charge in [0.1, 0.15) is 0 Å². The van der Waals surface area contributed by atoms with Crippen LogP contribution in [0.1, 0.15) is 26.3 Å². The molecule has 2 aromatic rings. The molecule has 0 atom stereocenters. The van der Waals surface area contributed by atoms with Gasteiger partial charge in [-0.05, 0) is 40.3 Å². The Morgan fingerprint density at radius 2 is 1.83 bits per heavy atom. The molecule has 2 nitrogen and oxygen atoms in total. The molecule has 0 saturated heterocycles. The number of carbonyl (C=O) groups excluding carboxylic acids is 1. The van der Waals surface area contributed by atoms with E-state index < -0.39 is 0 Å². The van der Waals surface area contributed by atoms with Gasteiger partial charge in [0, 0.05) is 17.6 Å². The van der Waals surface area contributed by atoms with E-state index in [1.165, 1.54) is 10.9 Å². The number of halogens is 1. The number of hydrogen-bond acceptors (Lipinski definition) is 1. The molecule has 0 aliphatic heterocycles. The third-order valence-electron chi connectivity index (χ3n) is 3.51. The lowest BCUT2D eigenvalue weighted by atomic mass is 9.97. The molecule has 1 N–H and O–H groups in total. The van der Waals surface area contributed by atoms with Gasteiger partial charge in [-0.15, -0.1) is 0 Å². The summed E-state index contributed by atoms with van der Waals surface area (Å²) in [5.74, 6) is -0.0603. The van der Waals surface area contributed by atoms with Crippen molar-refractivity contribution in [1.82, 2.24) is 5.32 Å². The fraction of sp³-hybridized carbons (Fsp3) is 0.286. The van der Waals surface area contributed by atoms with Gasteiger partial charge in [0.15, 0.2) is 0 Å². The number of amides is 1. The lowest BCUT2D eigenvalue weighted by Crippen LogP contribution is -2.30. The van der Waals surface area contributed by atoms with E-state index in [1.807, 2.05) is 30.4 Å². The molecule has 0 unspecified atom stereocenters. The number of fused-ring (bicyclic) bond motifs is 1. The average Bonchev–Trinajstić information content (AvgIpc) is 2.51. The smallest absolute Gasteiger partial charge is 0.243 e. The number of nitrogens with one attached hydrogen (secondary N) is 1. The highest BCUT2D eigenvalue weighted by atomic mass is 35.5. The van der Waals surface area contributed by atoms with E-state index >= 15 is 0 Å². The first-order valence-electron chi connectivity index (χ1n) is 8.13. The molecule has 0 aromatic heterocycles. The van der Waals surface area contributed by atoms with E-state index in [0.717, 1.165) is 16.8 Å². The van der Waals surface area contributed by atoms with E-state index in [4.69, 9.17) is 11.6 Å². The summed E-state index contributed by atoms with van der Waals surface area (Å²) in [7, 11) is 0. The minimum Gasteiger partial charge on any atom is -0.352 e. The largest absolute Gasteiger partial charge is 0.352 e. The number of hydrogen-bond donors (Lipinski definition) is 1. The molecule has 0 heterocycles. The zero-order valence-corrected chi connectivity index (χ0v) is 15.2. The third-order valence-corrected chi connectivity index (χ3v) is 3.74. The predicted octanol–water partition coefficient (Wildman–Crippen LogP) is 5.31. The Hall–Kier alpha value is -2.06. The quantitative estimate of drug-likeness (QED) is 0.579. The van der Waals surface area contributed by atoms with Crippen molar-refractivity contribution in [2.45, 2.75) is 27.2 Å². The molecule has 24 heavy (non-hydrogen) atoms. The number of benzene rings is 2. The van der Waals surface area contributed by atoms with Gasteiger partial charge in [-0.25, -0.2) is 0 Å². The Bertz CT molecular complexity index is 769. The van der Waals surface area contributed by atoms with Gasteiger partial charge in [0.2, 0.25) is 5.91 Å². The van der Waals surface area contributed by atoms with Crippen LogP contribution in [-0.4, -0.2) is 12.5 Å². The molecule has 0 bridgehead atoms. The van der Waals surface area contributed by atoms with E-state index in [9.17, 15) is 4.79 Å². The van der Waals surface area contributed by atoms with Crippen LogP contribution in [-0.2, 0) is 11.2 Å². The molecular weight excluding hydrogens is 318 g/mol. The molecule has 1 amide bonds. The second-order valence-corrected chi connectivity index (χ2v) is 7.53. The van der Waals surface area contributed by atoms with E-state index in [1.54, 1.807) is 12.2 Å². The Kier molecular flexibility index (Phi) is 6.22. The van der Waals surface area contributed by atoms with Gasteiger partial charge >= 0.3 is 0 Å². The van der Waals surface area contributed by atoms with Gasteiger partial charge in [-0.3, -0.25) is 4.79 Å². The highest BCUT2D eigenvalue weighted by molar-refractivity contribution is 6.31. The molecule has 2 aromatic carbocycles. The minimum absolute atomic E-state index is 0.0603. The molecule has 0 aliphatic carbocycles. The third kappa shape index (κ3) is 6.21. The summed E-state index contributed by atoms with van der Waals surface area (Å²) >= 11 is 6.04. The average molecular weight is 342 g/mol. The summed E-state index contributed by atoms with van der Waals surface area (Å²) in [5, 5.41) is 5.96. The molecule has 0 radical (unpaired) electrons. The van der Waals surface area contributed by atoms with Gasteiger partial charge in [0.25, 0.3) is 0 Å². The molecule has 0 saturated carbocycles. The lowest BCUT2D eigenvalue weighted by Gasteiger charge is -2.17. The number of carbonyl (C=O) groups is 1. The standard InChI is InChI=1S/C21H24ClNO/c1-21(2,3)15-23-20(24)8-6-4-5-7-16-9-10-17-11-12-19(22)14-18(17)13-16/h4-6,8-14H,7,15H2,1-3H3,(H,23,24)/b5-4+,8-6+. The summed E-state index contributed by atoms with van der Waals surface area (Å²) in [4.78, 5) is 11.7. The first kappa shape index (κ1) is 18.3. The van der Waals surface area contributed by atoms with Gasteiger partial charge < -0.3 is 5.32 Å². The van der Waals surface area contributed by atoms with Crippen LogP contribution in [0.5, 0.6) is 0 Å². The van der Waals surface area contributed by atoms with Gasteiger partial charge in [-0.2, -0.15) is 0 Å². The summed E-state index contributed by atoms with van der Waals surface area (Å²) in [6.45, 7) is 6.94. The first-order chi connectivity index (χ1) is 11.3. The van der Waals surface area contributed by atoms with Crippen molar-refractivity contribution >= 4 is 28.3 Å². The maximum absolute atomic E-state index is 11.7. The Morgan fingerprint density at radius 1 is 1.08 bits per heavy atom. The Morgan fingerprint density at radius 3 is 2.58 bits per heavy atom. The molecule has 126 valence electrons. The Balaban J connectivity index is 1.87.